The summed E-state index contributed by atoms with van der Waals surface area (Å²) in [5.74, 6) is -0.292. The highest BCUT2D eigenvalue weighted by molar-refractivity contribution is 7.15. The monoisotopic (exact) mass is 379 g/mol. The first-order chi connectivity index (χ1) is 12.1. The van der Waals surface area contributed by atoms with Crippen LogP contribution in [0.5, 0.6) is 0 Å². The van der Waals surface area contributed by atoms with Gasteiger partial charge in [-0.05, 0) is 50.4 Å². The summed E-state index contributed by atoms with van der Waals surface area (Å²) >= 11 is 7.64. The summed E-state index contributed by atoms with van der Waals surface area (Å²) in [5, 5.41) is 7.26. The van der Waals surface area contributed by atoms with Gasteiger partial charge in [-0.2, -0.15) is 0 Å². The van der Waals surface area contributed by atoms with Crippen molar-refractivity contribution < 1.29 is 9.18 Å². The van der Waals surface area contributed by atoms with Crippen LogP contribution >= 0.6 is 22.9 Å². The van der Waals surface area contributed by atoms with Gasteiger partial charge in [-0.15, -0.1) is 11.3 Å². The van der Waals surface area contributed by atoms with Crippen LogP contribution in [0.1, 0.15) is 41.5 Å². The van der Waals surface area contributed by atoms with Crippen LogP contribution in [0.4, 0.5) is 9.52 Å². The Kier molecular flexibility index (Phi) is 4.75. The number of hydrogen-bond acceptors (Lipinski definition) is 4. The van der Waals surface area contributed by atoms with E-state index in [0.717, 1.165) is 25.9 Å². The van der Waals surface area contributed by atoms with E-state index in [1.807, 2.05) is 6.20 Å². The van der Waals surface area contributed by atoms with E-state index in [-0.39, 0.29) is 23.6 Å². The Morgan fingerprint density at radius 1 is 1.36 bits per heavy atom. The fraction of sp³-hybridized carbons (Fsp3) is 0.444. The zero-order chi connectivity index (χ0) is 17.4. The molecule has 1 aromatic carbocycles. The van der Waals surface area contributed by atoms with Crippen molar-refractivity contribution in [3.8, 4) is 0 Å². The van der Waals surface area contributed by atoms with Crippen molar-refractivity contribution in [1.29, 1.82) is 0 Å². The normalized spacial score (nSPS) is 23.4. The fourth-order valence-corrected chi connectivity index (χ4v) is 4.80. The van der Waals surface area contributed by atoms with Crippen LogP contribution in [-0.4, -0.2) is 24.0 Å². The molecule has 1 saturated heterocycles. The predicted molar refractivity (Wildman–Crippen MR) is 97.8 cm³/mol. The Labute approximate surface area is 154 Å². The second-order valence-electron chi connectivity index (χ2n) is 6.67. The zero-order valence-electron chi connectivity index (χ0n) is 13.6. The van der Waals surface area contributed by atoms with Gasteiger partial charge in [-0.25, -0.2) is 9.37 Å². The maximum absolute atomic E-state index is 14.0. The predicted octanol–water partition coefficient (Wildman–Crippen LogP) is 4.14. The number of thiazole rings is 1. The minimum absolute atomic E-state index is 0.101. The Morgan fingerprint density at radius 2 is 2.16 bits per heavy atom. The van der Waals surface area contributed by atoms with Crippen LogP contribution < -0.4 is 10.6 Å². The molecule has 1 saturated carbocycles. The van der Waals surface area contributed by atoms with Gasteiger partial charge < -0.3 is 10.6 Å². The second kappa shape index (κ2) is 7.02. The number of rotatable bonds is 4. The van der Waals surface area contributed by atoms with Crippen molar-refractivity contribution in [3.05, 3.63) is 45.7 Å². The summed E-state index contributed by atoms with van der Waals surface area (Å²) in [6, 6.07) is 4.64. The summed E-state index contributed by atoms with van der Waals surface area (Å²) in [5.41, 5.74) is 0.457. The molecule has 1 amide bonds. The molecule has 1 aliphatic heterocycles. The second-order valence-corrected chi connectivity index (χ2v) is 8.13. The average Bonchev–Trinajstić information content (AvgIpc) is 3.26. The Bertz CT molecular complexity index is 770. The van der Waals surface area contributed by atoms with E-state index in [2.05, 4.69) is 15.6 Å². The summed E-state index contributed by atoms with van der Waals surface area (Å²) < 4.78 is 14.0. The number of nitrogens with one attached hydrogen (secondary N) is 2. The van der Waals surface area contributed by atoms with Gasteiger partial charge in [0.2, 0.25) is 5.91 Å². The molecule has 2 N–H and O–H groups in total. The molecule has 2 fully saturated rings. The van der Waals surface area contributed by atoms with Gasteiger partial charge in [0, 0.05) is 33.5 Å². The van der Waals surface area contributed by atoms with Crippen LogP contribution in [0.2, 0.25) is 5.02 Å². The minimum Gasteiger partial charge on any atom is -0.317 e. The molecule has 0 bridgehead atoms. The van der Waals surface area contributed by atoms with Gasteiger partial charge in [0.25, 0.3) is 0 Å². The summed E-state index contributed by atoms with van der Waals surface area (Å²) in [6.45, 7) is 2.05. The summed E-state index contributed by atoms with van der Waals surface area (Å²) in [7, 11) is 0. The molecular formula is C18H19ClFN3OS. The van der Waals surface area contributed by atoms with E-state index < -0.39 is 0 Å². The van der Waals surface area contributed by atoms with Gasteiger partial charge in [0.05, 0.1) is 0 Å². The molecule has 7 heteroatoms. The third kappa shape index (κ3) is 3.57. The molecule has 132 valence electrons. The first kappa shape index (κ1) is 16.9. The summed E-state index contributed by atoms with van der Waals surface area (Å²) in [6.07, 6.45) is 4.70. The molecule has 0 spiro atoms. The molecule has 4 rings (SSSR count). The van der Waals surface area contributed by atoms with E-state index in [1.54, 1.807) is 23.5 Å². The third-order valence-corrected chi connectivity index (χ3v) is 6.40. The molecule has 2 atom stereocenters. The highest BCUT2D eigenvalue weighted by Gasteiger charge is 2.46. The van der Waals surface area contributed by atoms with E-state index in [4.69, 9.17) is 11.6 Å². The van der Waals surface area contributed by atoms with Gasteiger partial charge in [-0.1, -0.05) is 17.7 Å². The van der Waals surface area contributed by atoms with Gasteiger partial charge >= 0.3 is 0 Å². The quantitative estimate of drug-likeness (QED) is 0.839. The molecule has 4 nitrogen and oxygen atoms in total. The van der Waals surface area contributed by atoms with Crippen molar-refractivity contribution in [1.82, 2.24) is 10.3 Å². The number of carbonyl (C=O) groups excluding carboxylic acids is 1. The van der Waals surface area contributed by atoms with Gasteiger partial charge in [0.15, 0.2) is 5.13 Å². The number of hydrogen-bond donors (Lipinski definition) is 2. The Balaban J connectivity index is 1.39. The minimum atomic E-state index is -0.338. The van der Waals surface area contributed by atoms with E-state index >= 15 is 0 Å². The van der Waals surface area contributed by atoms with Crippen molar-refractivity contribution in [2.45, 2.75) is 31.1 Å². The van der Waals surface area contributed by atoms with Crippen LogP contribution in [0, 0.1) is 11.7 Å². The van der Waals surface area contributed by atoms with Crippen molar-refractivity contribution in [2.75, 3.05) is 18.4 Å². The SMILES string of the molecule is O=C(Nc1ncc(C2CCNCC2)s1)C1CC1c1c(F)cccc1Cl. The number of amides is 1. The number of benzene rings is 1. The number of halogens is 2. The first-order valence-electron chi connectivity index (χ1n) is 8.54. The maximum atomic E-state index is 14.0. The van der Waals surface area contributed by atoms with Crippen LogP contribution in [0.15, 0.2) is 24.4 Å². The largest absolute Gasteiger partial charge is 0.317 e. The molecular weight excluding hydrogens is 361 g/mol. The molecule has 2 unspecified atom stereocenters. The Hall–Kier alpha value is -1.50. The third-order valence-electron chi connectivity index (χ3n) is 4.99. The summed E-state index contributed by atoms with van der Waals surface area (Å²) in [4.78, 5) is 18.0. The lowest BCUT2D eigenvalue weighted by Crippen LogP contribution is -2.26. The van der Waals surface area contributed by atoms with Gasteiger partial charge in [-0.3, -0.25) is 4.79 Å². The smallest absolute Gasteiger partial charge is 0.229 e. The van der Waals surface area contributed by atoms with E-state index in [1.165, 1.54) is 10.9 Å². The van der Waals surface area contributed by atoms with Crippen LogP contribution in [0.25, 0.3) is 0 Å². The topological polar surface area (TPSA) is 54.0 Å². The lowest BCUT2D eigenvalue weighted by molar-refractivity contribution is -0.117. The zero-order valence-corrected chi connectivity index (χ0v) is 15.2. The molecule has 1 aliphatic carbocycles. The van der Waals surface area contributed by atoms with E-state index in [0.29, 0.717) is 28.1 Å². The average molecular weight is 380 g/mol. The molecule has 0 radical (unpaired) electrons. The van der Waals surface area contributed by atoms with Crippen molar-refractivity contribution >= 4 is 34.0 Å². The molecule has 2 aromatic rings. The highest BCUT2D eigenvalue weighted by atomic mass is 35.5. The van der Waals surface area contributed by atoms with Crippen LogP contribution in [0.3, 0.4) is 0 Å². The standard InChI is InChI=1S/C18H19ClFN3OS/c19-13-2-1-3-14(20)16(13)11-8-12(11)17(24)23-18-22-9-15(25-18)10-4-6-21-7-5-10/h1-3,9-12,21H,4-8H2,(H,22,23,24). The highest BCUT2D eigenvalue weighted by Crippen LogP contribution is 2.51. The lowest BCUT2D eigenvalue weighted by Gasteiger charge is -2.20. The molecule has 25 heavy (non-hydrogen) atoms. The van der Waals surface area contributed by atoms with Crippen LogP contribution in [-0.2, 0) is 4.79 Å². The molecule has 2 aliphatic rings. The molecule has 2 heterocycles. The van der Waals surface area contributed by atoms with Crippen molar-refractivity contribution in [2.24, 2.45) is 5.92 Å². The Morgan fingerprint density at radius 3 is 2.92 bits per heavy atom. The molecule has 1 aromatic heterocycles. The van der Waals surface area contributed by atoms with Gasteiger partial charge in [0.1, 0.15) is 5.82 Å². The number of anilines is 1. The number of carbonyl (C=O) groups is 1. The van der Waals surface area contributed by atoms with Crippen molar-refractivity contribution in [3.63, 3.8) is 0 Å². The number of nitrogens with zero attached hydrogens (tertiary/aromatic N) is 1. The maximum Gasteiger partial charge on any atom is 0.229 e. The fourth-order valence-electron chi connectivity index (χ4n) is 3.51. The van der Waals surface area contributed by atoms with E-state index in [9.17, 15) is 9.18 Å². The number of aromatic nitrogens is 1. The lowest BCUT2D eigenvalue weighted by atomic mass is 9.97. The number of piperidine rings is 1. The first-order valence-corrected chi connectivity index (χ1v) is 9.74.